The standard InChI is InChI=1S/C19H13N3O/c20-13-15-8-6-14(7-9-15)10-11-19(23)22-18-5-1-4-17-16(18)3-2-12-21-17/h1-12H,(H,22,23). The van der Waals surface area contributed by atoms with Crippen molar-refractivity contribution in [3.05, 3.63) is 78.0 Å². The number of nitriles is 1. The Labute approximate surface area is 133 Å². The van der Waals surface area contributed by atoms with E-state index >= 15 is 0 Å². The molecule has 0 fully saturated rings. The van der Waals surface area contributed by atoms with Crippen molar-refractivity contribution in [2.24, 2.45) is 0 Å². The normalized spacial score (nSPS) is 10.6. The molecule has 0 aliphatic carbocycles. The van der Waals surface area contributed by atoms with Crippen molar-refractivity contribution in [3.8, 4) is 6.07 Å². The molecule has 0 aliphatic heterocycles. The highest BCUT2D eigenvalue weighted by Crippen LogP contribution is 2.21. The summed E-state index contributed by atoms with van der Waals surface area (Å²) in [6.07, 6.45) is 4.90. The first-order chi connectivity index (χ1) is 11.3. The van der Waals surface area contributed by atoms with Crippen molar-refractivity contribution in [1.82, 2.24) is 4.98 Å². The van der Waals surface area contributed by atoms with Gasteiger partial charge in [0.2, 0.25) is 5.91 Å². The second-order valence-electron chi connectivity index (χ2n) is 4.93. The van der Waals surface area contributed by atoms with Crippen LogP contribution < -0.4 is 5.32 Å². The molecule has 1 heterocycles. The first kappa shape index (κ1) is 14.5. The molecule has 0 bridgehead atoms. The van der Waals surface area contributed by atoms with Gasteiger partial charge in [-0.05, 0) is 48.0 Å². The first-order valence-electron chi connectivity index (χ1n) is 7.09. The van der Waals surface area contributed by atoms with Gasteiger partial charge in [-0.2, -0.15) is 5.26 Å². The Kier molecular flexibility index (Phi) is 4.12. The lowest BCUT2D eigenvalue weighted by Crippen LogP contribution is -2.08. The van der Waals surface area contributed by atoms with E-state index in [1.165, 1.54) is 6.08 Å². The number of anilines is 1. The number of carbonyl (C=O) groups is 1. The zero-order chi connectivity index (χ0) is 16.1. The van der Waals surface area contributed by atoms with Crippen LogP contribution in [0.25, 0.3) is 17.0 Å². The van der Waals surface area contributed by atoms with Gasteiger partial charge in [0.15, 0.2) is 0 Å². The maximum absolute atomic E-state index is 12.1. The number of pyridine rings is 1. The maximum atomic E-state index is 12.1. The number of rotatable bonds is 3. The van der Waals surface area contributed by atoms with Gasteiger partial charge >= 0.3 is 0 Å². The van der Waals surface area contributed by atoms with E-state index in [4.69, 9.17) is 5.26 Å². The fraction of sp³-hybridized carbons (Fsp3) is 0. The van der Waals surface area contributed by atoms with E-state index in [1.54, 1.807) is 36.5 Å². The molecule has 3 aromatic rings. The molecule has 1 amide bonds. The van der Waals surface area contributed by atoms with Crippen LogP contribution in [-0.4, -0.2) is 10.9 Å². The third-order valence-corrected chi connectivity index (χ3v) is 3.37. The lowest BCUT2D eigenvalue weighted by Gasteiger charge is -2.06. The van der Waals surface area contributed by atoms with E-state index in [-0.39, 0.29) is 5.91 Å². The Balaban J connectivity index is 1.75. The highest BCUT2D eigenvalue weighted by atomic mass is 16.1. The summed E-state index contributed by atoms with van der Waals surface area (Å²) in [5.74, 6) is -0.217. The monoisotopic (exact) mass is 299 g/mol. The highest BCUT2D eigenvalue weighted by molar-refractivity contribution is 6.06. The van der Waals surface area contributed by atoms with Crippen LogP contribution in [0, 0.1) is 11.3 Å². The minimum atomic E-state index is -0.217. The molecule has 4 nitrogen and oxygen atoms in total. The molecule has 0 saturated heterocycles. The third-order valence-electron chi connectivity index (χ3n) is 3.37. The Hall–Kier alpha value is -3.45. The number of benzene rings is 2. The zero-order valence-corrected chi connectivity index (χ0v) is 12.2. The van der Waals surface area contributed by atoms with Gasteiger partial charge in [0.25, 0.3) is 0 Å². The Morgan fingerprint density at radius 3 is 2.70 bits per heavy atom. The van der Waals surface area contributed by atoms with E-state index in [2.05, 4.69) is 16.4 Å². The van der Waals surface area contributed by atoms with E-state index < -0.39 is 0 Å². The zero-order valence-electron chi connectivity index (χ0n) is 12.2. The molecule has 0 radical (unpaired) electrons. The molecule has 4 heteroatoms. The summed E-state index contributed by atoms with van der Waals surface area (Å²) in [5.41, 5.74) is 3.01. The second-order valence-corrected chi connectivity index (χ2v) is 4.93. The van der Waals surface area contributed by atoms with Gasteiger partial charge in [0.05, 0.1) is 22.8 Å². The average molecular weight is 299 g/mol. The van der Waals surface area contributed by atoms with Crippen molar-refractivity contribution in [3.63, 3.8) is 0 Å². The van der Waals surface area contributed by atoms with Crippen LogP contribution in [0.3, 0.4) is 0 Å². The van der Waals surface area contributed by atoms with Gasteiger partial charge in [0.1, 0.15) is 0 Å². The quantitative estimate of drug-likeness (QED) is 0.749. The molecule has 2 aromatic carbocycles. The molecular weight excluding hydrogens is 286 g/mol. The number of hydrogen-bond acceptors (Lipinski definition) is 3. The molecule has 0 atom stereocenters. The SMILES string of the molecule is N#Cc1ccc(C=CC(=O)Nc2cccc3ncccc23)cc1. The molecule has 0 aliphatic rings. The number of aromatic nitrogens is 1. The molecule has 3 rings (SSSR count). The van der Waals surface area contributed by atoms with Crippen LogP contribution in [0.1, 0.15) is 11.1 Å². The van der Waals surface area contributed by atoms with Crippen LogP contribution in [0.4, 0.5) is 5.69 Å². The average Bonchev–Trinajstić information content (AvgIpc) is 2.61. The molecule has 0 spiro atoms. The third kappa shape index (κ3) is 3.42. The van der Waals surface area contributed by atoms with Gasteiger partial charge in [-0.3, -0.25) is 9.78 Å². The summed E-state index contributed by atoms with van der Waals surface area (Å²) in [4.78, 5) is 16.3. The van der Waals surface area contributed by atoms with Gasteiger partial charge in [-0.25, -0.2) is 0 Å². The van der Waals surface area contributed by atoms with Crippen LogP contribution in [0.5, 0.6) is 0 Å². The number of fused-ring (bicyclic) bond motifs is 1. The second kappa shape index (κ2) is 6.54. The molecule has 1 aromatic heterocycles. The summed E-state index contributed by atoms with van der Waals surface area (Å²) in [6, 6.07) is 18.4. The maximum Gasteiger partial charge on any atom is 0.248 e. The lowest BCUT2D eigenvalue weighted by atomic mass is 10.1. The van der Waals surface area contributed by atoms with E-state index in [0.29, 0.717) is 5.56 Å². The molecule has 23 heavy (non-hydrogen) atoms. The predicted octanol–water partition coefficient (Wildman–Crippen LogP) is 3.76. The van der Waals surface area contributed by atoms with Crippen LogP contribution in [-0.2, 0) is 4.79 Å². The largest absolute Gasteiger partial charge is 0.322 e. The van der Waals surface area contributed by atoms with Crippen molar-refractivity contribution in [1.29, 1.82) is 5.26 Å². The minimum absolute atomic E-state index is 0.217. The smallest absolute Gasteiger partial charge is 0.248 e. The van der Waals surface area contributed by atoms with Crippen molar-refractivity contribution in [2.45, 2.75) is 0 Å². The van der Waals surface area contributed by atoms with Gasteiger partial charge < -0.3 is 5.32 Å². The van der Waals surface area contributed by atoms with Crippen molar-refractivity contribution < 1.29 is 4.79 Å². The molecule has 1 N–H and O–H groups in total. The highest BCUT2D eigenvalue weighted by Gasteiger charge is 2.03. The number of hydrogen-bond donors (Lipinski definition) is 1. The fourth-order valence-electron chi connectivity index (χ4n) is 2.23. The van der Waals surface area contributed by atoms with E-state index in [9.17, 15) is 4.79 Å². The molecule has 0 saturated carbocycles. The molecule has 110 valence electrons. The van der Waals surface area contributed by atoms with E-state index in [1.807, 2.05) is 30.3 Å². The first-order valence-corrected chi connectivity index (χ1v) is 7.09. The number of carbonyl (C=O) groups excluding carboxylic acids is 1. The van der Waals surface area contributed by atoms with Gasteiger partial charge in [-0.1, -0.05) is 18.2 Å². The molecular formula is C19H13N3O. The summed E-state index contributed by atoms with van der Waals surface area (Å²) in [5, 5.41) is 12.5. The topological polar surface area (TPSA) is 65.8 Å². The summed E-state index contributed by atoms with van der Waals surface area (Å²) in [7, 11) is 0. The van der Waals surface area contributed by atoms with Crippen LogP contribution in [0.2, 0.25) is 0 Å². The van der Waals surface area contributed by atoms with Gasteiger partial charge in [0, 0.05) is 17.7 Å². The lowest BCUT2D eigenvalue weighted by molar-refractivity contribution is -0.111. The Morgan fingerprint density at radius 1 is 1.09 bits per heavy atom. The van der Waals surface area contributed by atoms with E-state index in [0.717, 1.165) is 22.2 Å². The van der Waals surface area contributed by atoms with Crippen molar-refractivity contribution in [2.75, 3.05) is 5.32 Å². The number of nitrogens with zero attached hydrogens (tertiary/aromatic N) is 2. The number of nitrogens with one attached hydrogen (secondary N) is 1. The fourth-order valence-corrected chi connectivity index (χ4v) is 2.23. The Morgan fingerprint density at radius 2 is 1.91 bits per heavy atom. The molecule has 0 unspecified atom stereocenters. The minimum Gasteiger partial charge on any atom is -0.322 e. The summed E-state index contributed by atoms with van der Waals surface area (Å²) in [6.45, 7) is 0. The summed E-state index contributed by atoms with van der Waals surface area (Å²) >= 11 is 0. The van der Waals surface area contributed by atoms with Crippen LogP contribution >= 0.6 is 0 Å². The van der Waals surface area contributed by atoms with Gasteiger partial charge in [-0.15, -0.1) is 0 Å². The summed E-state index contributed by atoms with van der Waals surface area (Å²) < 4.78 is 0. The van der Waals surface area contributed by atoms with Crippen LogP contribution in [0.15, 0.2) is 66.9 Å². The number of amides is 1. The predicted molar refractivity (Wildman–Crippen MR) is 90.6 cm³/mol. The van der Waals surface area contributed by atoms with Crippen molar-refractivity contribution >= 4 is 28.6 Å². The Bertz CT molecular complexity index is 916.